The second-order valence-corrected chi connectivity index (χ2v) is 7.49. The maximum atomic E-state index is 12.5. The Morgan fingerprint density at radius 3 is 2.59 bits per heavy atom. The zero-order valence-electron chi connectivity index (χ0n) is 15.6. The number of hydrogen-bond donors (Lipinski definition) is 1. The average molecular weight is 366 g/mol. The van der Waals surface area contributed by atoms with Crippen LogP contribution in [0.3, 0.4) is 0 Å². The molecule has 1 atom stereocenters. The lowest BCUT2D eigenvalue weighted by Crippen LogP contribution is -2.53. The predicted molar refractivity (Wildman–Crippen MR) is 104 cm³/mol. The molecule has 2 heterocycles. The van der Waals surface area contributed by atoms with Crippen LogP contribution in [0.1, 0.15) is 29.7 Å². The molecule has 1 amide bonds. The van der Waals surface area contributed by atoms with Gasteiger partial charge in [0, 0.05) is 51.1 Å². The third kappa shape index (κ3) is 4.27. The van der Waals surface area contributed by atoms with Gasteiger partial charge in [0.05, 0.1) is 5.69 Å². The van der Waals surface area contributed by atoms with Crippen molar-refractivity contribution in [2.75, 3.05) is 26.2 Å². The van der Waals surface area contributed by atoms with Crippen molar-refractivity contribution >= 4 is 5.91 Å². The van der Waals surface area contributed by atoms with Gasteiger partial charge in [-0.25, -0.2) is 5.10 Å². The molecule has 1 aromatic carbocycles. The van der Waals surface area contributed by atoms with Gasteiger partial charge in [-0.05, 0) is 36.5 Å². The van der Waals surface area contributed by atoms with Crippen LogP contribution in [-0.4, -0.2) is 58.1 Å². The number of hydrogen-bond acceptors (Lipinski definition) is 4. The van der Waals surface area contributed by atoms with E-state index >= 15 is 0 Å². The van der Waals surface area contributed by atoms with E-state index in [0.717, 1.165) is 44.7 Å². The predicted octanol–water partition coefficient (Wildman–Crippen LogP) is 1.40. The van der Waals surface area contributed by atoms with E-state index < -0.39 is 0 Å². The Labute approximate surface area is 159 Å². The van der Waals surface area contributed by atoms with E-state index in [1.165, 1.54) is 23.6 Å². The van der Waals surface area contributed by atoms with Crippen LogP contribution in [0.2, 0.25) is 0 Å². The topological polar surface area (TPSA) is 69.3 Å². The molecule has 0 spiro atoms. The van der Waals surface area contributed by atoms with Gasteiger partial charge in [0.15, 0.2) is 0 Å². The van der Waals surface area contributed by atoms with E-state index in [2.05, 4.69) is 39.4 Å². The minimum atomic E-state index is -0.216. The fourth-order valence-corrected chi connectivity index (χ4v) is 4.23. The molecular formula is C21H26N4O2. The lowest BCUT2D eigenvalue weighted by Gasteiger charge is -2.41. The van der Waals surface area contributed by atoms with Gasteiger partial charge in [-0.15, -0.1) is 0 Å². The summed E-state index contributed by atoms with van der Waals surface area (Å²) in [5.74, 6) is 0.177. The van der Waals surface area contributed by atoms with Crippen molar-refractivity contribution in [1.29, 1.82) is 0 Å². The second-order valence-electron chi connectivity index (χ2n) is 7.49. The monoisotopic (exact) mass is 366 g/mol. The van der Waals surface area contributed by atoms with Gasteiger partial charge in [-0.2, -0.15) is 5.10 Å². The molecule has 1 aliphatic carbocycles. The van der Waals surface area contributed by atoms with Crippen molar-refractivity contribution in [3.05, 3.63) is 63.6 Å². The van der Waals surface area contributed by atoms with Crippen molar-refractivity contribution < 1.29 is 4.79 Å². The van der Waals surface area contributed by atoms with Crippen LogP contribution in [0, 0.1) is 0 Å². The molecule has 0 bridgehead atoms. The minimum absolute atomic E-state index is 0.177. The SMILES string of the molecule is O=C(CCc1ccc(=O)[nH]n1)N1CCN([C@H]2CCc3ccccc3C2)CC1. The molecule has 27 heavy (non-hydrogen) atoms. The van der Waals surface area contributed by atoms with Crippen molar-refractivity contribution in [2.24, 2.45) is 0 Å². The van der Waals surface area contributed by atoms with Crippen LogP contribution in [0.15, 0.2) is 41.2 Å². The summed E-state index contributed by atoms with van der Waals surface area (Å²) in [7, 11) is 0. The Hall–Kier alpha value is -2.47. The number of aromatic nitrogens is 2. The maximum absolute atomic E-state index is 12.5. The van der Waals surface area contributed by atoms with Gasteiger partial charge < -0.3 is 4.90 Å². The number of aryl methyl sites for hydroxylation is 2. The van der Waals surface area contributed by atoms with Crippen LogP contribution >= 0.6 is 0 Å². The van der Waals surface area contributed by atoms with Crippen LogP contribution in [-0.2, 0) is 24.1 Å². The second kappa shape index (κ2) is 8.05. The van der Waals surface area contributed by atoms with Crippen molar-refractivity contribution in [2.45, 2.75) is 38.1 Å². The number of fused-ring (bicyclic) bond motifs is 1. The van der Waals surface area contributed by atoms with Crippen LogP contribution < -0.4 is 5.56 Å². The number of rotatable bonds is 4. The van der Waals surface area contributed by atoms with E-state index in [4.69, 9.17) is 0 Å². The number of benzene rings is 1. The number of carbonyl (C=O) groups is 1. The maximum Gasteiger partial charge on any atom is 0.264 e. The number of H-pyrrole nitrogens is 1. The van der Waals surface area contributed by atoms with Crippen molar-refractivity contribution in [1.82, 2.24) is 20.0 Å². The first-order chi connectivity index (χ1) is 13.2. The molecular weight excluding hydrogens is 340 g/mol. The van der Waals surface area contributed by atoms with Crippen molar-refractivity contribution in [3.8, 4) is 0 Å². The number of nitrogens with one attached hydrogen (secondary N) is 1. The van der Waals surface area contributed by atoms with E-state index in [0.29, 0.717) is 18.9 Å². The molecule has 6 nitrogen and oxygen atoms in total. The number of nitrogens with zero attached hydrogens (tertiary/aromatic N) is 3. The van der Waals surface area contributed by atoms with E-state index in [-0.39, 0.29) is 11.5 Å². The highest BCUT2D eigenvalue weighted by atomic mass is 16.2. The van der Waals surface area contributed by atoms with Gasteiger partial charge in [0.25, 0.3) is 5.56 Å². The smallest absolute Gasteiger partial charge is 0.264 e. The highest BCUT2D eigenvalue weighted by Gasteiger charge is 2.28. The fourth-order valence-electron chi connectivity index (χ4n) is 4.23. The highest BCUT2D eigenvalue weighted by Crippen LogP contribution is 2.25. The molecule has 1 aliphatic heterocycles. The third-order valence-corrected chi connectivity index (χ3v) is 5.84. The van der Waals surface area contributed by atoms with Crippen LogP contribution in [0.4, 0.5) is 0 Å². The fraction of sp³-hybridized carbons (Fsp3) is 0.476. The summed E-state index contributed by atoms with van der Waals surface area (Å²) in [6.07, 6.45) is 4.50. The third-order valence-electron chi connectivity index (χ3n) is 5.84. The van der Waals surface area contributed by atoms with Crippen LogP contribution in [0.5, 0.6) is 0 Å². The Balaban J connectivity index is 1.26. The van der Waals surface area contributed by atoms with Gasteiger partial charge in [-0.1, -0.05) is 24.3 Å². The normalized spacial score (nSPS) is 20.3. The van der Waals surface area contributed by atoms with Gasteiger partial charge in [0.1, 0.15) is 0 Å². The molecule has 0 unspecified atom stereocenters. The number of aromatic amines is 1. The van der Waals surface area contributed by atoms with Gasteiger partial charge in [-0.3, -0.25) is 14.5 Å². The zero-order chi connectivity index (χ0) is 18.6. The van der Waals surface area contributed by atoms with E-state index in [1.54, 1.807) is 6.07 Å². The average Bonchev–Trinajstić information content (AvgIpc) is 2.73. The summed E-state index contributed by atoms with van der Waals surface area (Å²) in [5, 5.41) is 6.39. The number of piperazine rings is 1. The summed E-state index contributed by atoms with van der Waals surface area (Å²) >= 11 is 0. The van der Waals surface area contributed by atoms with E-state index in [9.17, 15) is 9.59 Å². The first kappa shape index (κ1) is 17.9. The summed E-state index contributed by atoms with van der Waals surface area (Å²) in [6.45, 7) is 3.51. The Kier molecular flexibility index (Phi) is 5.34. The lowest BCUT2D eigenvalue weighted by molar-refractivity contribution is -0.133. The largest absolute Gasteiger partial charge is 0.340 e. The minimum Gasteiger partial charge on any atom is -0.340 e. The molecule has 142 valence electrons. The Bertz CT molecular complexity index is 835. The van der Waals surface area contributed by atoms with E-state index in [1.807, 2.05) is 4.90 Å². The standard InChI is InChI=1S/C21H26N4O2/c26-20-9-6-18(22-23-20)7-10-21(27)25-13-11-24(12-14-25)19-8-5-16-3-1-2-4-17(16)15-19/h1-4,6,9,19H,5,7-8,10-15H2,(H,23,26)/t19-/m0/s1. The summed E-state index contributed by atoms with van der Waals surface area (Å²) in [5.41, 5.74) is 3.52. The first-order valence-electron chi connectivity index (χ1n) is 9.82. The van der Waals surface area contributed by atoms with Gasteiger partial charge in [0.2, 0.25) is 5.91 Å². The molecule has 2 aromatic rings. The molecule has 6 heteroatoms. The first-order valence-corrected chi connectivity index (χ1v) is 9.82. The number of carbonyl (C=O) groups excluding carboxylic acids is 1. The van der Waals surface area contributed by atoms with Crippen molar-refractivity contribution in [3.63, 3.8) is 0 Å². The molecule has 4 rings (SSSR count). The summed E-state index contributed by atoms with van der Waals surface area (Å²) in [4.78, 5) is 28.1. The Morgan fingerprint density at radius 2 is 1.85 bits per heavy atom. The molecule has 0 radical (unpaired) electrons. The molecule has 1 N–H and O–H groups in total. The summed E-state index contributed by atoms with van der Waals surface area (Å²) in [6, 6.07) is 12.5. The molecule has 1 saturated heterocycles. The zero-order valence-corrected chi connectivity index (χ0v) is 15.6. The highest BCUT2D eigenvalue weighted by molar-refractivity contribution is 5.76. The molecule has 1 fully saturated rings. The lowest BCUT2D eigenvalue weighted by atomic mass is 9.87. The van der Waals surface area contributed by atoms with Crippen LogP contribution in [0.25, 0.3) is 0 Å². The number of amides is 1. The van der Waals surface area contributed by atoms with Gasteiger partial charge >= 0.3 is 0 Å². The molecule has 2 aliphatic rings. The molecule has 1 aromatic heterocycles. The summed E-state index contributed by atoms with van der Waals surface area (Å²) < 4.78 is 0. The quantitative estimate of drug-likeness (QED) is 0.888. The Morgan fingerprint density at radius 1 is 1.07 bits per heavy atom. The molecule has 0 saturated carbocycles.